The second-order valence-electron chi connectivity index (χ2n) is 4.84. The SMILES string of the molecule is COc1cc(CO)c(CO)cc1C(=O)Oc1ccc(C)cc1. The minimum absolute atomic E-state index is 0.198. The Labute approximate surface area is 128 Å². The number of methoxy groups -OCH3 is 1. The van der Waals surface area contributed by atoms with Gasteiger partial charge in [0, 0.05) is 0 Å². The number of esters is 1. The van der Waals surface area contributed by atoms with E-state index < -0.39 is 5.97 Å². The van der Waals surface area contributed by atoms with Crippen molar-refractivity contribution in [2.24, 2.45) is 0 Å². The number of carbonyl (C=O) groups excluding carboxylic acids is 1. The second kappa shape index (κ2) is 7.06. The van der Waals surface area contributed by atoms with Crippen molar-refractivity contribution >= 4 is 5.97 Å². The molecule has 2 aromatic rings. The van der Waals surface area contributed by atoms with E-state index in [2.05, 4.69) is 0 Å². The predicted molar refractivity (Wildman–Crippen MR) is 81.0 cm³/mol. The van der Waals surface area contributed by atoms with Crippen LogP contribution in [0.3, 0.4) is 0 Å². The molecule has 0 fully saturated rings. The number of hydrogen-bond acceptors (Lipinski definition) is 5. The van der Waals surface area contributed by atoms with E-state index >= 15 is 0 Å². The van der Waals surface area contributed by atoms with Gasteiger partial charge in [-0.25, -0.2) is 4.79 Å². The van der Waals surface area contributed by atoms with Crippen molar-refractivity contribution in [1.82, 2.24) is 0 Å². The molecule has 0 saturated heterocycles. The van der Waals surface area contributed by atoms with E-state index in [0.29, 0.717) is 22.6 Å². The Balaban J connectivity index is 2.33. The molecule has 0 heterocycles. The number of carbonyl (C=O) groups is 1. The van der Waals surface area contributed by atoms with Crippen molar-refractivity contribution in [2.45, 2.75) is 20.1 Å². The Morgan fingerprint density at radius 1 is 1.05 bits per heavy atom. The summed E-state index contributed by atoms with van der Waals surface area (Å²) in [6.07, 6.45) is 0. The lowest BCUT2D eigenvalue weighted by molar-refractivity contribution is 0.0731. The highest BCUT2D eigenvalue weighted by Crippen LogP contribution is 2.26. The Hall–Kier alpha value is -2.37. The zero-order chi connectivity index (χ0) is 16.1. The molecule has 0 bridgehead atoms. The highest BCUT2D eigenvalue weighted by molar-refractivity contribution is 5.94. The average Bonchev–Trinajstić information content (AvgIpc) is 2.55. The van der Waals surface area contributed by atoms with Gasteiger partial charge < -0.3 is 19.7 Å². The topological polar surface area (TPSA) is 76.0 Å². The molecule has 0 aliphatic rings. The number of benzene rings is 2. The molecule has 0 spiro atoms. The van der Waals surface area contributed by atoms with E-state index in [1.807, 2.05) is 19.1 Å². The van der Waals surface area contributed by atoms with Crippen LogP contribution in [0.5, 0.6) is 11.5 Å². The van der Waals surface area contributed by atoms with Crippen LogP contribution in [0.2, 0.25) is 0 Å². The Morgan fingerprint density at radius 3 is 2.18 bits per heavy atom. The summed E-state index contributed by atoms with van der Waals surface area (Å²) >= 11 is 0. The molecular formula is C17H18O5. The molecule has 5 heteroatoms. The molecule has 0 radical (unpaired) electrons. The molecule has 0 aromatic heterocycles. The molecule has 0 amide bonds. The van der Waals surface area contributed by atoms with Gasteiger partial charge in [0.2, 0.25) is 0 Å². The maximum atomic E-state index is 12.3. The summed E-state index contributed by atoms with van der Waals surface area (Å²) in [4.78, 5) is 12.3. The summed E-state index contributed by atoms with van der Waals surface area (Å²) < 4.78 is 10.5. The van der Waals surface area contributed by atoms with Gasteiger partial charge in [0.05, 0.1) is 20.3 Å². The molecule has 0 aliphatic heterocycles. The molecule has 0 atom stereocenters. The normalized spacial score (nSPS) is 10.4. The lowest BCUT2D eigenvalue weighted by Gasteiger charge is -2.13. The molecule has 5 nitrogen and oxygen atoms in total. The van der Waals surface area contributed by atoms with Crippen LogP contribution in [0.15, 0.2) is 36.4 Å². The van der Waals surface area contributed by atoms with E-state index in [4.69, 9.17) is 9.47 Å². The van der Waals surface area contributed by atoms with E-state index in [-0.39, 0.29) is 18.8 Å². The van der Waals surface area contributed by atoms with Gasteiger partial charge in [0.25, 0.3) is 0 Å². The van der Waals surface area contributed by atoms with Crippen molar-refractivity contribution in [3.8, 4) is 11.5 Å². The molecule has 2 rings (SSSR count). The van der Waals surface area contributed by atoms with E-state index in [1.54, 1.807) is 12.1 Å². The quantitative estimate of drug-likeness (QED) is 0.654. The zero-order valence-electron chi connectivity index (χ0n) is 12.5. The number of ether oxygens (including phenoxy) is 2. The van der Waals surface area contributed by atoms with Gasteiger partial charge in [-0.15, -0.1) is 0 Å². The fourth-order valence-corrected chi connectivity index (χ4v) is 2.06. The van der Waals surface area contributed by atoms with Gasteiger partial charge in [-0.3, -0.25) is 0 Å². The van der Waals surface area contributed by atoms with Crippen molar-refractivity contribution in [3.05, 3.63) is 58.7 Å². The first-order valence-corrected chi connectivity index (χ1v) is 6.79. The van der Waals surface area contributed by atoms with Crippen LogP contribution in [0.4, 0.5) is 0 Å². The fourth-order valence-electron chi connectivity index (χ4n) is 2.06. The van der Waals surface area contributed by atoms with Crippen LogP contribution >= 0.6 is 0 Å². The van der Waals surface area contributed by atoms with Crippen LogP contribution in [0.1, 0.15) is 27.0 Å². The number of hydrogen-bond donors (Lipinski definition) is 2. The smallest absolute Gasteiger partial charge is 0.347 e. The Morgan fingerprint density at radius 2 is 1.64 bits per heavy atom. The molecule has 2 N–H and O–H groups in total. The molecule has 0 aliphatic carbocycles. The molecule has 2 aromatic carbocycles. The standard InChI is InChI=1S/C17H18O5/c1-11-3-5-14(6-4-11)22-17(20)15-7-12(9-18)13(10-19)8-16(15)21-2/h3-8,18-19H,9-10H2,1-2H3. The minimum Gasteiger partial charge on any atom is -0.496 e. The molecule has 22 heavy (non-hydrogen) atoms. The van der Waals surface area contributed by atoms with Crippen molar-refractivity contribution in [2.75, 3.05) is 7.11 Å². The first kappa shape index (κ1) is 16.0. The zero-order valence-corrected chi connectivity index (χ0v) is 12.5. The van der Waals surface area contributed by atoms with Crippen LogP contribution in [0.25, 0.3) is 0 Å². The minimum atomic E-state index is -0.583. The van der Waals surface area contributed by atoms with E-state index in [1.165, 1.54) is 19.2 Å². The number of aryl methyl sites for hydroxylation is 1. The summed E-state index contributed by atoms with van der Waals surface area (Å²) in [5.74, 6) is 0.132. The third-order valence-corrected chi connectivity index (χ3v) is 3.31. The lowest BCUT2D eigenvalue weighted by Crippen LogP contribution is -2.12. The second-order valence-corrected chi connectivity index (χ2v) is 4.84. The van der Waals surface area contributed by atoms with Gasteiger partial charge in [-0.05, 0) is 42.3 Å². The lowest BCUT2D eigenvalue weighted by atomic mass is 10.0. The van der Waals surface area contributed by atoms with Gasteiger partial charge in [-0.1, -0.05) is 17.7 Å². The Bertz CT molecular complexity index is 661. The first-order chi connectivity index (χ1) is 10.6. The maximum Gasteiger partial charge on any atom is 0.347 e. The molecule has 0 unspecified atom stereocenters. The fraction of sp³-hybridized carbons (Fsp3) is 0.235. The summed E-state index contributed by atoms with van der Waals surface area (Å²) in [7, 11) is 1.43. The third-order valence-electron chi connectivity index (χ3n) is 3.31. The van der Waals surface area contributed by atoms with Crippen LogP contribution < -0.4 is 9.47 Å². The highest BCUT2D eigenvalue weighted by Gasteiger charge is 2.18. The average molecular weight is 302 g/mol. The first-order valence-electron chi connectivity index (χ1n) is 6.79. The highest BCUT2D eigenvalue weighted by atomic mass is 16.5. The molecule has 0 saturated carbocycles. The van der Waals surface area contributed by atoms with Gasteiger partial charge in [-0.2, -0.15) is 0 Å². The van der Waals surface area contributed by atoms with Gasteiger partial charge in [0.1, 0.15) is 17.1 Å². The Kier molecular flexibility index (Phi) is 5.14. The van der Waals surface area contributed by atoms with Gasteiger partial charge in [0.15, 0.2) is 0 Å². The van der Waals surface area contributed by atoms with Gasteiger partial charge >= 0.3 is 5.97 Å². The van der Waals surface area contributed by atoms with E-state index in [9.17, 15) is 15.0 Å². The summed E-state index contributed by atoms with van der Waals surface area (Å²) in [6, 6.07) is 10.1. The van der Waals surface area contributed by atoms with Crippen LogP contribution in [0, 0.1) is 6.92 Å². The summed E-state index contributed by atoms with van der Waals surface area (Å²) in [6.45, 7) is 1.40. The van der Waals surface area contributed by atoms with Crippen LogP contribution in [-0.2, 0) is 13.2 Å². The largest absolute Gasteiger partial charge is 0.496 e. The number of aliphatic hydroxyl groups is 2. The third kappa shape index (κ3) is 3.44. The van der Waals surface area contributed by atoms with E-state index in [0.717, 1.165) is 5.56 Å². The predicted octanol–water partition coefficient (Wildman–Crippen LogP) is 2.21. The molecule has 116 valence electrons. The van der Waals surface area contributed by atoms with Crippen LogP contribution in [-0.4, -0.2) is 23.3 Å². The maximum absolute atomic E-state index is 12.3. The van der Waals surface area contributed by atoms with Crippen molar-refractivity contribution in [1.29, 1.82) is 0 Å². The van der Waals surface area contributed by atoms with Crippen molar-refractivity contribution < 1.29 is 24.5 Å². The van der Waals surface area contributed by atoms with Crippen molar-refractivity contribution in [3.63, 3.8) is 0 Å². The molecular weight excluding hydrogens is 284 g/mol. The summed E-state index contributed by atoms with van der Waals surface area (Å²) in [5, 5.41) is 18.6. The number of rotatable bonds is 5. The monoisotopic (exact) mass is 302 g/mol. The number of aliphatic hydroxyl groups excluding tert-OH is 2. The summed E-state index contributed by atoms with van der Waals surface area (Å²) in [5.41, 5.74) is 2.22.